The van der Waals surface area contributed by atoms with Crippen LogP contribution in [0.3, 0.4) is 0 Å². The Morgan fingerprint density at radius 1 is 1.03 bits per heavy atom. The minimum atomic E-state index is -4.76. The number of likely N-dealkylation sites (N-methyl/N-ethyl adjacent to an activating group) is 1. The molecule has 0 aliphatic rings. The molecule has 31 heavy (non-hydrogen) atoms. The van der Waals surface area contributed by atoms with E-state index in [1.807, 2.05) is 43.3 Å². The van der Waals surface area contributed by atoms with Gasteiger partial charge in [-0.15, -0.1) is 13.2 Å². The zero-order valence-electron chi connectivity index (χ0n) is 16.9. The van der Waals surface area contributed by atoms with Crippen molar-refractivity contribution in [2.75, 3.05) is 37.8 Å². The van der Waals surface area contributed by atoms with Gasteiger partial charge in [0.05, 0.1) is 11.4 Å². The van der Waals surface area contributed by atoms with Gasteiger partial charge in [-0.2, -0.15) is 4.98 Å². The molecule has 0 bridgehead atoms. The van der Waals surface area contributed by atoms with Gasteiger partial charge in [0.15, 0.2) is 0 Å². The molecule has 0 saturated carbocycles. The van der Waals surface area contributed by atoms with Gasteiger partial charge in [0, 0.05) is 28.3 Å². The molecule has 3 aromatic rings. The van der Waals surface area contributed by atoms with Gasteiger partial charge >= 0.3 is 6.36 Å². The number of anilines is 3. The van der Waals surface area contributed by atoms with Gasteiger partial charge < -0.3 is 20.3 Å². The Hall–Kier alpha value is -2.60. The minimum absolute atomic E-state index is 0.308. The molecule has 0 atom stereocenters. The summed E-state index contributed by atoms with van der Waals surface area (Å²) in [4.78, 5) is 11.0. The molecule has 0 saturated heterocycles. The molecule has 0 unspecified atom stereocenters. The zero-order valence-corrected chi connectivity index (χ0v) is 19.0. The summed E-state index contributed by atoms with van der Waals surface area (Å²) in [6, 6.07) is 15.1. The summed E-state index contributed by atoms with van der Waals surface area (Å²) in [6.07, 6.45) is -4.76. The second-order valence-corrected chi connectivity index (χ2v) is 8.03. The van der Waals surface area contributed by atoms with E-state index in [1.165, 1.54) is 18.2 Å². The molecular weight excluding hydrogens is 522 g/mol. The van der Waals surface area contributed by atoms with Crippen molar-refractivity contribution in [3.63, 3.8) is 0 Å². The van der Waals surface area contributed by atoms with Crippen LogP contribution in [0.4, 0.5) is 30.6 Å². The molecule has 164 valence electrons. The normalized spacial score (nSPS) is 11.5. The van der Waals surface area contributed by atoms with E-state index in [9.17, 15) is 13.2 Å². The molecule has 6 nitrogen and oxygen atoms in total. The van der Waals surface area contributed by atoms with Gasteiger partial charge in [-0.05, 0) is 61.0 Å². The van der Waals surface area contributed by atoms with Crippen molar-refractivity contribution in [3.8, 4) is 17.0 Å². The Morgan fingerprint density at radius 2 is 1.81 bits per heavy atom. The second-order valence-electron chi connectivity index (χ2n) is 6.87. The average molecular weight is 543 g/mol. The quantitative estimate of drug-likeness (QED) is 0.373. The fourth-order valence-electron chi connectivity index (χ4n) is 2.68. The van der Waals surface area contributed by atoms with Crippen LogP contribution < -0.4 is 15.4 Å². The molecule has 1 aromatic heterocycles. The third-order valence-electron chi connectivity index (χ3n) is 4.07. The minimum Gasteiger partial charge on any atom is -0.406 e. The maximum absolute atomic E-state index is 12.6. The lowest BCUT2D eigenvalue weighted by Gasteiger charge is -2.14. The van der Waals surface area contributed by atoms with Gasteiger partial charge in [0.2, 0.25) is 5.95 Å². The molecule has 0 aliphatic carbocycles. The molecule has 0 radical (unpaired) electrons. The molecule has 0 amide bonds. The third-order valence-corrected chi connectivity index (χ3v) is 5.01. The number of ether oxygens (including phenoxy) is 1. The van der Waals surface area contributed by atoms with E-state index < -0.39 is 6.36 Å². The number of para-hydroxylation sites is 1. The van der Waals surface area contributed by atoms with E-state index in [2.05, 4.69) is 47.9 Å². The van der Waals surface area contributed by atoms with Crippen LogP contribution in [-0.4, -0.2) is 48.4 Å². The first-order valence-corrected chi connectivity index (χ1v) is 10.4. The van der Waals surface area contributed by atoms with Gasteiger partial charge in [-0.1, -0.05) is 24.3 Å². The van der Waals surface area contributed by atoms with Crippen molar-refractivity contribution in [2.45, 2.75) is 6.36 Å². The van der Waals surface area contributed by atoms with Crippen LogP contribution in [0, 0.1) is 3.57 Å². The number of rotatable bonds is 8. The maximum Gasteiger partial charge on any atom is 0.573 e. The molecule has 10 heteroatoms. The first-order valence-electron chi connectivity index (χ1n) is 9.35. The largest absolute Gasteiger partial charge is 0.573 e. The van der Waals surface area contributed by atoms with E-state index in [4.69, 9.17) is 0 Å². The highest BCUT2D eigenvalue weighted by atomic mass is 127. The first-order chi connectivity index (χ1) is 14.7. The number of alkyl halides is 3. The molecule has 0 spiro atoms. The number of hydrogen-bond acceptors (Lipinski definition) is 6. The zero-order chi connectivity index (χ0) is 22.4. The number of nitrogens with zero attached hydrogens (tertiary/aromatic N) is 3. The number of aromatic nitrogens is 2. The van der Waals surface area contributed by atoms with E-state index in [1.54, 1.807) is 12.1 Å². The number of nitrogens with one attached hydrogen (secondary N) is 2. The predicted octanol–water partition coefficient (Wildman–Crippen LogP) is 5.36. The average Bonchev–Trinajstić information content (AvgIpc) is 2.68. The Bertz CT molecular complexity index is 1030. The maximum atomic E-state index is 12.6. The Labute approximate surface area is 192 Å². The SMILES string of the molecule is CN(C)CCNc1nc(Nc2ccccc2I)cc(-c2cccc(OC(F)(F)F)c2)n1. The summed E-state index contributed by atoms with van der Waals surface area (Å²) in [5.74, 6) is 0.580. The lowest BCUT2D eigenvalue weighted by Crippen LogP contribution is -2.21. The lowest BCUT2D eigenvalue weighted by atomic mass is 10.1. The van der Waals surface area contributed by atoms with Crippen molar-refractivity contribution in [1.29, 1.82) is 0 Å². The van der Waals surface area contributed by atoms with Crippen molar-refractivity contribution < 1.29 is 17.9 Å². The van der Waals surface area contributed by atoms with Crippen molar-refractivity contribution in [1.82, 2.24) is 14.9 Å². The highest BCUT2D eigenvalue weighted by Crippen LogP contribution is 2.30. The summed E-state index contributed by atoms with van der Waals surface area (Å²) in [6.45, 7) is 1.37. The standard InChI is InChI=1S/C21H21F3IN5O/c1-30(2)11-10-26-20-28-18(14-6-5-7-15(12-14)31-21(22,23)24)13-19(29-20)27-17-9-4-3-8-16(17)25/h3-9,12-13H,10-11H2,1-2H3,(H2,26,27,28,29). The highest BCUT2D eigenvalue weighted by Gasteiger charge is 2.31. The molecular formula is C21H21F3IN5O. The van der Waals surface area contributed by atoms with E-state index >= 15 is 0 Å². The van der Waals surface area contributed by atoms with Crippen molar-refractivity contribution in [2.24, 2.45) is 0 Å². The lowest BCUT2D eigenvalue weighted by molar-refractivity contribution is -0.274. The summed E-state index contributed by atoms with van der Waals surface area (Å²) in [7, 11) is 3.91. The van der Waals surface area contributed by atoms with Crippen molar-refractivity contribution >= 4 is 40.0 Å². The van der Waals surface area contributed by atoms with Crippen LogP contribution in [0.25, 0.3) is 11.3 Å². The van der Waals surface area contributed by atoms with Crippen LogP contribution in [0.1, 0.15) is 0 Å². The fraction of sp³-hybridized carbons (Fsp3) is 0.238. The molecule has 2 N–H and O–H groups in total. The Kier molecular flexibility index (Phi) is 7.55. The van der Waals surface area contributed by atoms with Gasteiger partial charge in [-0.3, -0.25) is 0 Å². The van der Waals surface area contributed by atoms with Gasteiger partial charge in [-0.25, -0.2) is 4.98 Å². The van der Waals surface area contributed by atoms with E-state index in [0.29, 0.717) is 29.6 Å². The van der Waals surface area contributed by atoms with E-state index in [-0.39, 0.29) is 5.75 Å². The summed E-state index contributed by atoms with van der Waals surface area (Å²) in [5, 5.41) is 6.42. The van der Waals surface area contributed by atoms with Crippen LogP contribution in [-0.2, 0) is 0 Å². The highest BCUT2D eigenvalue weighted by molar-refractivity contribution is 14.1. The number of halogens is 4. The monoisotopic (exact) mass is 543 g/mol. The molecule has 1 heterocycles. The van der Waals surface area contributed by atoms with Crippen LogP contribution in [0.15, 0.2) is 54.6 Å². The van der Waals surface area contributed by atoms with Crippen LogP contribution in [0.2, 0.25) is 0 Å². The Balaban J connectivity index is 1.94. The van der Waals surface area contributed by atoms with Crippen molar-refractivity contribution in [3.05, 3.63) is 58.2 Å². The Morgan fingerprint density at radius 3 is 2.52 bits per heavy atom. The van der Waals surface area contributed by atoms with Crippen LogP contribution >= 0.6 is 22.6 Å². The fourth-order valence-corrected chi connectivity index (χ4v) is 3.20. The number of benzene rings is 2. The van der Waals surface area contributed by atoms with Gasteiger partial charge in [0.25, 0.3) is 0 Å². The summed E-state index contributed by atoms with van der Waals surface area (Å²) < 4.78 is 42.9. The van der Waals surface area contributed by atoms with Gasteiger partial charge in [0.1, 0.15) is 11.6 Å². The third kappa shape index (κ3) is 7.24. The summed E-state index contributed by atoms with van der Waals surface area (Å²) in [5.41, 5.74) is 1.80. The number of hydrogen-bond donors (Lipinski definition) is 2. The predicted molar refractivity (Wildman–Crippen MR) is 124 cm³/mol. The summed E-state index contributed by atoms with van der Waals surface area (Å²) >= 11 is 2.21. The second kappa shape index (κ2) is 10.1. The van der Waals surface area contributed by atoms with Crippen LogP contribution in [0.5, 0.6) is 5.75 Å². The van der Waals surface area contributed by atoms with E-state index in [0.717, 1.165) is 15.8 Å². The molecule has 0 fully saturated rings. The molecule has 3 rings (SSSR count). The first kappa shape index (κ1) is 23.1. The topological polar surface area (TPSA) is 62.3 Å². The smallest absolute Gasteiger partial charge is 0.406 e. The molecule has 2 aromatic carbocycles. The molecule has 0 aliphatic heterocycles.